The van der Waals surface area contributed by atoms with Crippen molar-refractivity contribution in [3.8, 4) is 0 Å². The van der Waals surface area contributed by atoms with Crippen LogP contribution >= 0.6 is 0 Å². The number of aromatic nitrogens is 3. The van der Waals surface area contributed by atoms with E-state index in [-0.39, 0.29) is 11.9 Å². The van der Waals surface area contributed by atoms with Crippen LogP contribution in [0.15, 0.2) is 23.1 Å². The lowest BCUT2D eigenvalue weighted by atomic mass is 10.2. The molecule has 9 heteroatoms. The number of nitrogens with zero attached hydrogens (tertiary/aromatic N) is 5. The van der Waals surface area contributed by atoms with Crippen molar-refractivity contribution in [1.29, 1.82) is 0 Å². The van der Waals surface area contributed by atoms with Gasteiger partial charge < -0.3 is 9.47 Å². The molecule has 2 aromatic rings. The molecule has 8 nitrogen and oxygen atoms in total. The average molecular weight is 430 g/mol. The van der Waals surface area contributed by atoms with E-state index in [2.05, 4.69) is 14.8 Å². The van der Waals surface area contributed by atoms with Crippen molar-refractivity contribution in [3.63, 3.8) is 0 Å². The van der Waals surface area contributed by atoms with Gasteiger partial charge in [-0.25, -0.2) is 8.42 Å². The molecule has 0 bridgehead atoms. The molecule has 1 fully saturated rings. The number of anilines is 1. The largest absolute Gasteiger partial charge is 0.314 e. The van der Waals surface area contributed by atoms with E-state index in [4.69, 9.17) is 0 Å². The van der Waals surface area contributed by atoms with Gasteiger partial charge >= 0.3 is 0 Å². The number of benzene rings is 1. The maximum atomic E-state index is 13.6. The summed E-state index contributed by atoms with van der Waals surface area (Å²) in [4.78, 5) is 13.8. The summed E-state index contributed by atoms with van der Waals surface area (Å²) in [6.07, 6.45) is 6.52. The molecule has 1 aromatic carbocycles. The van der Waals surface area contributed by atoms with Crippen molar-refractivity contribution < 1.29 is 13.2 Å². The highest BCUT2D eigenvalue weighted by atomic mass is 32.2. The van der Waals surface area contributed by atoms with Crippen LogP contribution in [0, 0.1) is 0 Å². The third-order valence-electron chi connectivity index (χ3n) is 6.57. The molecular formula is C21H27N5O3S. The van der Waals surface area contributed by atoms with E-state index in [9.17, 15) is 13.2 Å². The summed E-state index contributed by atoms with van der Waals surface area (Å²) in [6, 6.07) is 4.88. The van der Waals surface area contributed by atoms with E-state index in [1.165, 1.54) is 13.3 Å². The fourth-order valence-corrected chi connectivity index (χ4v) is 6.75. The topological polar surface area (TPSA) is 88.4 Å². The second kappa shape index (κ2) is 7.46. The van der Waals surface area contributed by atoms with Gasteiger partial charge in [-0.3, -0.25) is 4.79 Å². The predicted molar refractivity (Wildman–Crippen MR) is 112 cm³/mol. The highest BCUT2D eigenvalue weighted by Gasteiger charge is 2.40. The molecule has 5 rings (SSSR count). The predicted octanol–water partition coefficient (Wildman–Crippen LogP) is 2.44. The summed E-state index contributed by atoms with van der Waals surface area (Å²) < 4.78 is 30.9. The van der Waals surface area contributed by atoms with Crippen LogP contribution in [0.1, 0.15) is 62.3 Å². The second-order valence-corrected chi connectivity index (χ2v) is 10.3. The Hall–Kier alpha value is -2.26. The summed E-state index contributed by atoms with van der Waals surface area (Å²) in [6.45, 7) is 3.50. The van der Waals surface area contributed by atoms with Crippen LogP contribution in [0.5, 0.6) is 0 Å². The lowest BCUT2D eigenvalue weighted by molar-refractivity contribution is -0.116. The van der Waals surface area contributed by atoms with Crippen molar-refractivity contribution in [2.45, 2.75) is 69.4 Å². The van der Waals surface area contributed by atoms with Crippen LogP contribution in [-0.4, -0.2) is 46.5 Å². The number of fused-ring (bicyclic) bond motifs is 2. The SMILES string of the molecule is CC(=O)N1CCc2cc(S(=O)(=O)N3CCCC3c3nnc4n3CCCCC4)ccc21. The molecule has 0 N–H and O–H groups in total. The molecule has 1 amide bonds. The molecule has 1 atom stereocenters. The van der Waals surface area contributed by atoms with Crippen LogP contribution in [0.2, 0.25) is 0 Å². The lowest BCUT2D eigenvalue weighted by Crippen LogP contribution is -2.32. The Bertz CT molecular complexity index is 1090. The van der Waals surface area contributed by atoms with E-state index in [1.54, 1.807) is 27.4 Å². The molecule has 1 unspecified atom stereocenters. The first-order valence-corrected chi connectivity index (χ1v) is 12.3. The van der Waals surface area contributed by atoms with Crippen molar-refractivity contribution in [3.05, 3.63) is 35.4 Å². The van der Waals surface area contributed by atoms with Gasteiger partial charge in [-0.05, 0) is 55.9 Å². The number of rotatable bonds is 3. The number of hydrogen-bond acceptors (Lipinski definition) is 5. The van der Waals surface area contributed by atoms with Gasteiger partial charge in [0.15, 0.2) is 5.82 Å². The third-order valence-corrected chi connectivity index (χ3v) is 8.48. The molecule has 1 aromatic heterocycles. The van der Waals surface area contributed by atoms with E-state index < -0.39 is 10.0 Å². The Balaban J connectivity index is 1.48. The van der Waals surface area contributed by atoms with Gasteiger partial charge in [-0.1, -0.05) is 6.42 Å². The Morgan fingerprint density at radius 1 is 1.03 bits per heavy atom. The zero-order valence-corrected chi connectivity index (χ0v) is 18.1. The molecule has 160 valence electrons. The normalized spacial score (nSPS) is 22.0. The average Bonchev–Trinajstić information content (AvgIpc) is 3.42. The fraction of sp³-hybridized carbons (Fsp3) is 0.571. The fourth-order valence-electron chi connectivity index (χ4n) is 5.04. The first-order chi connectivity index (χ1) is 14.5. The van der Waals surface area contributed by atoms with Gasteiger partial charge in [0.1, 0.15) is 5.82 Å². The number of hydrogen-bond donors (Lipinski definition) is 0. The van der Waals surface area contributed by atoms with Gasteiger partial charge in [0.2, 0.25) is 15.9 Å². The smallest absolute Gasteiger partial charge is 0.243 e. The molecule has 0 aliphatic carbocycles. The summed E-state index contributed by atoms with van der Waals surface area (Å²) in [7, 11) is -3.66. The monoisotopic (exact) mass is 429 g/mol. The highest BCUT2D eigenvalue weighted by Crippen LogP contribution is 2.38. The first-order valence-electron chi connectivity index (χ1n) is 10.8. The maximum absolute atomic E-state index is 13.6. The van der Waals surface area contributed by atoms with Crippen molar-refractivity contribution >= 4 is 21.6 Å². The van der Waals surface area contributed by atoms with Crippen molar-refractivity contribution in [2.24, 2.45) is 0 Å². The van der Waals surface area contributed by atoms with Crippen LogP contribution in [-0.2, 0) is 34.2 Å². The van der Waals surface area contributed by atoms with Gasteiger partial charge in [-0.2, -0.15) is 4.31 Å². The zero-order valence-electron chi connectivity index (χ0n) is 17.2. The number of aryl methyl sites for hydroxylation is 1. The van der Waals surface area contributed by atoms with Crippen LogP contribution in [0.3, 0.4) is 0 Å². The molecule has 0 spiro atoms. The Labute approximate surface area is 176 Å². The molecule has 3 aliphatic heterocycles. The third kappa shape index (κ3) is 3.15. The van der Waals surface area contributed by atoms with E-state index in [0.717, 1.165) is 61.5 Å². The minimum Gasteiger partial charge on any atom is -0.314 e. The molecule has 30 heavy (non-hydrogen) atoms. The summed E-state index contributed by atoms with van der Waals surface area (Å²) in [5.74, 6) is 1.75. The van der Waals surface area contributed by atoms with Gasteiger partial charge in [0.25, 0.3) is 0 Å². The Kier molecular flexibility index (Phi) is 4.89. The highest BCUT2D eigenvalue weighted by molar-refractivity contribution is 7.89. The number of carbonyl (C=O) groups is 1. The van der Waals surface area contributed by atoms with Crippen molar-refractivity contribution in [1.82, 2.24) is 19.1 Å². The van der Waals surface area contributed by atoms with Crippen LogP contribution < -0.4 is 4.90 Å². The van der Waals surface area contributed by atoms with Gasteiger partial charge in [-0.15, -0.1) is 10.2 Å². The summed E-state index contributed by atoms with van der Waals surface area (Å²) in [5.41, 5.74) is 1.74. The van der Waals surface area contributed by atoms with Gasteiger partial charge in [0, 0.05) is 38.7 Å². The molecular weight excluding hydrogens is 402 g/mol. The second-order valence-electron chi connectivity index (χ2n) is 8.42. The summed E-state index contributed by atoms with van der Waals surface area (Å²) >= 11 is 0. The minimum atomic E-state index is -3.66. The number of carbonyl (C=O) groups excluding carboxylic acids is 1. The molecule has 1 saturated heterocycles. The Morgan fingerprint density at radius 3 is 2.73 bits per heavy atom. The van der Waals surface area contributed by atoms with E-state index in [0.29, 0.717) is 24.4 Å². The zero-order chi connectivity index (χ0) is 20.9. The van der Waals surface area contributed by atoms with E-state index >= 15 is 0 Å². The quantitative estimate of drug-likeness (QED) is 0.748. The molecule has 0 saturated carbocycles. The van der Waals surface area contributed by atoms with Crippen LogP contribution in [0.25, 0.3) is 0 Å². The first kappa shape index (κ1) is 19.7. The maximum Gasteiger partial charge on any atom is 0.243 e. The van der Waals surface area contributed by atoms with Crippen LogP contribution in [0.4, 0.5) is 5.69 Å². The van der Waals surface area contributed by atoms with Crippen molar-refractivity contribution in [2.75, 3.05) is 18.0 Å². The molecule has 0 radical (unpaired) electrons. The molecule has 3 aliphatic rings. The summed E-state index contributed by atoms with van der Waals surface area (Å²) in [5, 5.41) is 8.81. The lowest BCUT2D eigenvalue weighted by Gasteiger charge is -2.24. The molecule has 4 heterocycles. The van der Waals surface area contributed by atoms with Gasteiger partial charge in [0.05, 0.1) is 10.9 Å². The number of amides is 1. The minimum absolute atomic E-state index is 0.0172. The van der Waals surface area contributed by atoms with E-state index in [1.807, 2.05) is 0 Å². The Morgan fingerprint density at radius 2 is 1.90 bits per heavy atom. The standard InChI is InChI=1S/C21H27N5O3S/c1-15(27)24-13-10-16-14-17(8-9-18(16)24)30(28,29)26-12-5-6-19(26)21-23-22-20-7-3-2-4-11-25(20)21/h8-9,14,19H,2-7,10-13H2,1H3. The number of sulfonamides is 1.